The molecule has 5 nitrogen and oxygen atoms in total. The van der Waals surface area contributed by atoms with Gasteiger partial charge in [0.1, 0.15) is 0 Å². The first-order valence-electron chi connectivity index (χ1n) is 9.06. The molecule has 140 valence electrons. The number of fused-ring (bicyclic) bond motifs is 1. The molecule has 3 aromatic rings. The number of hydrogen-bond acceptors (Lipinski definition) is 2. The Morgan fingerprint density at radius 2 is 1.78 bits per heavy atom. The zero-order valence-corrected chi connectivity index (χ0v) is 16.4. The summed E-state index contributed by atoms with van der Waals surface area (Å²) >= 11 is 6.01. The molecule has 27 heavy (non-hydrogen) atoms. The van der Waals surface area contributed by atoms with Crippen molar-refractivity contribution in [2.24, 2.45) is 14.1 Å². The highest BCUT2D eigenvalue weighted by Gasteiger charge is 2.40. The smallest absolute Gasteiger partial charge is 0.260 e. The van der Waals surface area contributed by atoms with Crippen molar-refractivity contribution in [3.8, 4) is 0 Å². The summed E-state index contributed by atoms with van der Waals surface area (Å²) in [5, 5.41) is 4.36. The molecule has 4 rings (SSSR count). The van der Waals surface area contributed by atoms with E-state index < -0.39 is 0 Å². The van der Waals surface area contributed by atoms with E-state index >= 15 is 0 Å². The van der Waals surface area contributed by atoms with Crippen molar-refractivity contribution in [3.63, 3.8) is 0 Å². The number of carbonyl (C=O) groups excluding carboxylic acids is 1. The topological polar surface area (TPSA) is 56.0 Å². The van der Waals surface area contributed by atoms with Gasteiger partial charge in [-0.15, -0.1) is 0 Å². The van der Waals surface area contributed by atoms with Gasteiger partial charge in [0.05, 0.1) is 22.0 Å². The normalized spacial score (nSPS) is 15.6. The second kappa shape index (κ2) is 6.27. The van der Waals surface area contributed by atoms with Crippen LogP contribution in [0.1, 0.15) is 40.7 Å². The number of hydrogen-bond donors (Lipinski definition) is 1. The van der Waals surface area contributed by atoms with Crippen LogP contribution < -0.4 is 10.9 Å². The molecule has 0 radical (unpaired) electrons. The van der Waals surface area contributed by atoms with Crippen molar-refractivity contribution < 1.29 is 4.79 Å². The van der Waals surface area contributed by atoms with E-state index in [-0.39, 0.29) is 17.0 Å². The minimum Gasteiger partial charge on any atom is -0.349 e. The lowest BCUT2D eigenvalue weighted by Crippen LogP contribution is -2.50. The Kier molecular flexibility index (Phi) is 4.15. The molecule has 1 aromatic carbocycles. The van der Waals surface area contributed by atoms with Gasteiger partial charge in [0.15, 0.2) is 0 Å². The maximum Gasteiger partial charge on any atom is 0.260 e. The summed E-state index contributed by atoms with van der Waals surface area (Å²) in [6, 6.07) is 7.63. The summed E-state index contributed by atoms with van der Waals surface area (Å²) in [7, 11) is 3.58. The molecule has 1 N–H and O–H groups in total. The predicted molar refractivity (Wildman–Crippen MR) is 107 cm³/mol. The fourth-order valence-electron chi connectivity index (χ4n) is 4.15. The number of carbonyl (C=O) groups is 1. The van der Waals surface area contributed by atoms with Gasteiger partial charge in [-0.05, 0) is 49.4 Å². The standard InChI is InChI=1S/C21H22ClN3O2/c1-13-11-25(3)20(27)17-16(12-24(2)18(13)17)19(26)23-21(9-4-10-21)14-5-7-15(22)8-6-14/h5-8,11-12H,4,9-10H2,1-3H3,(H,23,26). The number of benzene rings is 1. The third-order valence-corrected chi connectivity index (χ3v) is 5.93. The maximum atomic E-state index is 13.2. The lowest BCUT2D eigenvalue weighted by molar-refractivity contribution is 0.0825. The molecule has 0 atom stereocenters. The number of halogens is 1. The number of aromatic nitrogens is 2. The Hall–Kier alpha value is -2.53. The largest absolute Gasteiger partial charge is 0.349 e. The van der Waals surface area contributed by atoms with Gasteiger partial charge in [-0.3, -0.25) is 9.59 Å². The molecule has 1 amide bonds. The van der Waals surface area contributed by atoms with Crippen molar-refractivity contribution in [2.45, 2.75) is 31.7 Å². The monoisotopic (exact) mass is 383 g/mol. The number of amides is 1. The van der Waals surface area contributed by atoms with E-state index in [1.165, 1.54) is 4.57 Å². The van der Waals surface area contributed by atoms with Crippen LogP contribution >= 0.6 is 11.6 Å². The van der Waals surface area contributed by atoms with Crippen LogP contribution in [0.2, 0.25) is 5.02 Å². The SMILES string of the molecule is Cc1cn(C)c(=O)c2c(C(=O)NC3(c4ccc(Cl)cc4)CCC3)cn(C)c12. The number of aryl methyl sites for hydroxylation is 3. The van der Waals surface area contributed by atoms with E-state index in [1.54, 1.807) is 19.4 Å². The summed E-state index contributed by atoms with van der Waals surface area (Å²) in [6.45, 7) is 1.95. The van der Waals surface area contributed by atoms with Crippen LogP contribution in [0.5, 0.6) is 0 Å². The predicted octanol–water partition coefficient (Wildman–Crippen LogP) is 3.65. The summed E-state index contributed by atoms with van der Waals surface area (Å²) in [4.78, 5) is 25.9. The van der Waals surface area contributed by atoms with Gasteiger partial charge < -0.3 is 14.5 Å². The Morgan fingerprint density at radius 1 is 1.11 bits per heavy atom. The van der Waals surface area contributed by atoms with Crippen molar-refractivity contribution >= 4 is 28.4 Å². The van der Waals surface area contributed by atoms with Gasteiger partial charge in [0, 0.05) is 31.5 Å². The van der Waals surface area contributed by atoms with Gasteiger partial charge in [0.2, 0.25) is 0 Å². The molecule has 0 unspecified atom stereocenters. The van der Waals surface area contributed by atoms with Crippen LogP contribution in [0.4, 0.5) is 0 Å². The van der Waals surface area contributed by atoms with Crippen molar-refractivity contribution in [1.29, 1.82) is 0 Å². The number of pyridine rings is 1. The average molecular weight is 384 g/mol. The van der Waals surface area contributed by atoms with Crippen molar-refractivity contribution in [1.82, 2.24) is 14.5 Å². The first kappa shape index (κ1) is 17.9. The molecule has 1 aliphatic carbocycles. The highest BCUT2D eigenvalue weighted by molar-refractivity contribution is 6.30. The number of rotatable bonds is 3. The first-order chi connectivity index (χ1) is 12.8. The first-order valence-corrected chi connectivity index (χ1v) is 9.44. The molecular formula is C21H22ClN3O2. The molecule has 0 bridgehead atoms. The molecule has 1 fully saturated rings. The molecule has 2 heterocycles. The summed E-state index contributed by atoms with van der Waals surface area (Å²) in [5.41, 5.74) is 2.70. The molecule has 2 aromatic heterocycles. The van der Waals surface area contributed by atoms with Gasteiger partial charge in [0.25, 0.3) is 11.5 Å². The summed E-state index contributed by atoms with van der Waals surface area (Å²) in [6.07, 6.45) is 6.36. The highest BCUT2D eigenvalue weighted by Crippen LogP contribution is 2.42. The molecule has 0 spiro atoms. The molecule has 6 heteroatoms. The molecule has 0 saturated heterocycles. The van der Waals surface area contributed by atoms with Crippen LogP contribution in [-0.2, 0) is 19.6 Å². The van der Waals surface area contributed by atoms with Crippen LogP contribution in [0.3, 0.4) is 0 Å². The Morgan fingerprint density at radius 3 is 2.37 bits per heavy atom. The van der Waals surface area contributed by atoms with Crippen LogP contribution in [0.15, 0.2) is 41.5 Å². The van der Waals surface area contributed by atoms with Gasteiger partial charge in [-0.2, -0.15) is 0 Å². The number of nitrogens with one attached hydrogen (secondary N) is 1. The fraction of sp³-hybridized carbons (Fsp3) is 0.333. The zero-order chi connectivity index (χ0) is 19.3. The molecule has 1 saturated carbocycles. The van der Waals surface area contributed by atoms with Crippen molar-refractivity contribution in [2.75, 3.05) is 0 Å². The second-order valence-corrected chi connectivity index (χ2v) is 7.94. The lowest BCUT2D eigenvalue weighted by Gasteiger charge is -2.43. The third-order valence-electron chi connectivity index (χ3n) is 5.68. The Bertz CT molecular complexity index is 1110. The van der Waals surface area contributed by atoms with E-state index in [9.17, 15) is 9.59 Å². The molecule has 0 aliphatic heterocycles. The van der Waals surface area contributed by atoms with Crippen LogP contribution in [0.25, 0.3) is 10.9 Å². The summed E-state index contributed by atoms with van der Waals surface area (Å²) in [5.74, 6) is -0.210. The number of nitrogens with zero attached hydrogens (tertiary/aromatic N) is 2. The van der Waals surface area contributed by atoms with E-state index in [0.717, 1.165) is 35.9 Å². The van der Waals surface area contributed by atoms with E-state index in [4.69, 9.17) is 11.6 Å². The summed E-state index contributed by atoms with van der Waals surface area (Å²) < 4.78 is 3.39. The van der Waals surface area contributed by atoms with Gasteiger partial charge in [-0.25, -0.2) is 0 Å². The van der Waals surface area contributed by atoms with E-state index in [0.29, 0.717) is 16.0 Å². The highest BCUT2D eigenvalue weighted by atomic mass is 35.5. The molecular weight excluding hydrogens is 362 g/mol. The van der Waals surface area contributed by atoms with Crippen LogP contribution in [-0.4, -0.2) is 15.0 Å². The average Bonchev–Trinajstić information content (AvgIpc) is 2.95. The quantitative estimate of drug-likeness (QED) is 0.750. The minimum atomic E-state index is -0.390. The van der Waals surface area contributed by atoms with Crippen LogP contribution in [0, 0.1) is 6.92 Å². The lowest BCUT2D eigenvalue weighted by atomic mass is 9.71. The second-order valence-electron chi connectivity index (χ2n) is 7.50. The Labute approximate surface area is 162 Å². The third kappa shape index (κ3) is 2.77. The molecule has 1 aliphatic rings. The minimum absolute atomic E-state index is 0.157. The van der Waals surface area contributed by atoms with Crippen molar-refractivity contribution in [3.05, 3.63) is 68.7 Å². The maximum absolute atomic E-state index is 13.2. The van der Waals surface area contributed by atoms with E-state index in [2.05, 4.69) is 5.32 Å². The van der Waals surface area contributed by atoms with E-state index in [1.807, 2.05) is 42.8 Å². The zero-order valence-electron chi connectivity index (χ0n) is 15.7. The Balaban J connectivity index is 1.77. The van der Waals surface area contributed by atoms with Gasteiger partial charge >= 0.3 is 0 Å². The fourth-order valence-corrected chi connectivity index (χ4v) is 4.27. The van der Waals surface area contributed by atoms with Gasteiger partial charge in [-0.1, -0.05) is 23.7 Å².